The number of nitrogens with one attached hydrogen (secondary N) is 1. The zero-order valence-electron chi connectivity index (χ0n) is 11.5. The van der Waals surface area contributed by atoms with Crippen LogP contribution < -0.4 is 11.3 Å². The highest BCUT2D eigenvalue weighted by Crippen LogP contribution is 2.29. The Labute approximate surface area is 126 Å². The van der Waals surface area contributed by atoms with Crippen LogP contribution in [0.3, 0.4) is 0 Å². The maximum absolute atomic E-state index is 5.76. The van der Waals surface area contributed by atoms with E-state index in [4.69, 9.17) is 10.6 Å². The Morgan fingerprint density at radius 3 is 2.95 bits per heavy atom. The van der Waals surface area contributed by atoms with Crippen LogP contribution in [0, 0.1) is 6.92 Å². The SMILES string of the molecule is COCCn1ncc(Br)c1C(NN)c1cnccc1C. The molecular weight excluding hydrogens is 322 g/mol. The summed E-state index contributed by atoms with van der Waals surface area (Å²) in [7, 11) is 1.67. The second-order valence-electron chi connectivity index (χ2n) is 4.43. The second-order valence-corrected chi connectivity index (χ2v) is 5.28. The Kier molecular flexibility index (Phi) is 5.24. The molecule has 0 aromatic carbocycles. The van der Waals surface area contributed by atoms with Crippen LogP contribution in [0.15, 0.2) is 29.1 Å². The summed E-state index contributed by atoms with van der Waals surface area (Å²) in [5, 5.41) is 4.35. The molecule has 1 unspecified atom stereocenters. The smallest absolute Gasteiger partial charge is 0.0907 e. The molecule has 0 spiro atoms. The van der Waals surface area contributed by atoms with Gasteiger partial charge < -0.3 is 4.74 Å². The molecule has 108 valence electrons. The molecule has 20 heavy (non-hydrogen) atoms. The molecule has 2 aromatic rings. The number of halogens is 1. The van der Waals surface area contributed by atoms with Gasteiger partial charge in [0.25, 0.3) is 0 Å². The lowest BCUT2D eigenvalue weighted by Crippen LogP contribution is -2.32. The molecule has 1 atom stereocenters. The fourth-order valence-corrected chi connectivity index (χ4v) is 2.63. The number of aryl methyl sites for hydroxylation is 1. The van der Waals surface area contributed by atoms with Crippen molar-refractivity contribution >= 4 is 15.9 Å². The van der Waals surface area contributed by atoms with Crippen molar-refractivity contribution in [1.29, 1.82) is 0 Å². The fraction of sp³-hybridized carbons (Fsp3) is 0.385. The minimum Gasteiger partial charge on any atom is -0.383 e. The molecule has 0 bridgehead atoms. The number of nitrogens with zero attached hydrogens (tertiary/aromatic N) is 3. The van der Waals surface area contributed by atoms with Gasteiger partial charge in [0, 0.05) is 19.5 Å². The Morgan fingerprint density at radius 1 is 1.50 bits per heavy atom. The van der Waals surface area contributed by atoms with Crippen molar-refractivity contribution in [3.8, 4) is 0 Å². The van der Waals surface area contributed by atoms with E-state index in [2.05, 4.69) is 31.4 Å². The number of hydrogen-bond acceptors (Lipinski definition) is 5. The normalized spacial score (nSPS) is 12.6. The van der Waals surface area contributed by atoms with E-state index in [0.717, 1.165) is 21.3 Å². The summed E-state index contributed by atoms with van der Waals surface area (Å²) >= 11 is 3.53. The maximum Gasteiger partial charge on any atom is 0.0907 e. The van der Waals surface area contributed by atoms with Gasteiger partial charge in [0.2, 0.25) is 0 Å². The zero-order chi connectivity index (χ0) is 14.5. The molecule has 0 fully saturated rings. The Bertz CT molecular complexity index is 572. The molecule has 0 saturated carbocycles. The Hall–Kier alpha value is -1.28. The Balaban J connectivity index is 2.42. The number of pyridine rings is 1. The molecule has 0 radical (unpaired) electrons. The quantitative estimate of drug-likeness (QED) is 0.616. The summed E-state index contributed by atoms with van der Waals surface area (Å²) in [5.41, 5.74) is 5.95. The van der Waals surface area contributed by atoms with Crippen molar-refractivity contribution in [2.75, 3.05) is 13.7 Å². The van der Waals surface area contributed by atoms with Crippen molar-refractivity contribution in [3.05, 3.63) is 46.0 Å². The first-order valence-corrected chi connectivity index (χ1v) is 7.05. The predicted molar refractivity (Wildman–Crippen MR) is 79.9 cm³/mol. The first-order chi connectivity index (χ1) is 9.69. The third kappa shape index (κ3) is 3.06. The standard InChI is InChI=1S/C13H18BrN5O/c1-9-3-4-16-7-10(9)12(18-15)13-11(14)8-17-19(13)5-6-20-2/h3-4,7-8,12,18H,5-6,15H2,1-2H3. The van der Waals surface area contributed by atoms with E-state index in [-0.39, 0.29) is 6.04 Å². The molecular formula is C13H18BrN5O. The summed E-state index contributed by atoms with van der Waals surface area (Å²) < 4.78 is 7.89. The largest absolute Gasteiger partial charge is 0.383 e. The van der Waals surface area contributed by atoms with Gasteiger partial charge in [0.05, 0.1) is 35.6 Å². The highest BCUT2D eigenvalue weighted by atomic mass is 79.9. The van der Waals surface area contributed by atoms with Gasteiger partial charge in [-0.25, -0.2) is 5.43 Å². The molecule has 0 amide bonds. The van der Waals surface area contributed by atoms with Crippen LogP contribution >= 0.6 is 15.9 Å². The van der Waals surface area contributed by atoms with E-state index < -0.39 is 0 Å². The minimum absolute atomic E-state index is 0.183. The van der Waals surface area contributed by atoms with Crippen molar-refractivity contribution in [2.24, 2.45) is 5.84 Å². The van der Waals surface area contributed by atoms with Crippen LogP contribution in [0.2, 0.25) is 0 Å². The molecule has 0 saturated heterocycles. The number of aromatic nitrogens is 3. The lowest BCUT2D eigenvalue weighted by atomic mass is 10.0. The van der Waals surface area contributed by atoms with Gasteiger partial charge in [-0.05, 0) is 40.0 Å². The van der Waals surface area contributed by atoms with Gasteiger partial charge in [-0.2, -0.15) is 5.10 Å². The molecule has 7 heteroatoms. The molecule has 6 nitrogen and oxygen atoms in total. The van der Waals surface area contributed by atoms with Crippen molar-refractivity contribution in [2.45, 2.75) is 19.5 Å². The van der Waals surface area contributed by atoms with Crippen LogP contribution in [0.4, 0.5) is 0 Å². The van der Waals surface area contributed by atoms with Gasteiger partial charge in [0.1, 0.15) is 0 Å². The van der Waals surface area contributed by atoms with Crippen molar-refractivity contribution in [3.63, 3.8) is 0 Å². The average molecular weight is 340 g/mol. The minimum atomic E-state index is -0.183. The lowest BCUT2D eigenvalue weighted by molar-refractivity contribution is 0.182. The fourth-order valence-electron chi connectivity index (χ4n) is 2.11. The van der Waals surface area contributed by atoms with Gasteiger partial charge in [-0.1, -0.05) is 0 Å². The molecule has 0 aliphatic carbocycles. The number of methoxy groups -OCH3 is 1. The third-order valence-corrected chi connectivity index (χ3v) is 3.78. The summed E-state index contributed by atoms with van der Waals surface area (Å²) in [5.74, 6) is 5.76. The van der Waals surface area contributed by atoms with Gasteiger partial charge in [-0.3, -0.25) is 15.5 Å². The van der Waals surface area contributed by atoms with E-state index >= 15 is 0 Å². The maximum atomic E-state index is 5.76. The van der Waals surface area contributed by atoms with Crippen molar-refractivity contribution in [1.82, 2.24) is 20.2 Å². The number of nitrogens with two attached hydrogens (primary N) is 1. The first-order valence-electron chi connectivity index (χ1n) is 6.25. The highest BCUT2D eigenvalue weighted by molar-refractivity contribution is 9.10. The molecule has 0 aliphatic heterocycles. The van der Waals surface area contributed by atoms with E-state index in [1.165, 1.54) is 0 Å². The van der Waals surface area contributed by atoms with E-state index in [1.807, 2.05) is 23.9 Å². The van der Waals surface area contributed by atoms with Crippen LogP contribution in [-0.2, 0) is 11.3 Å². The zero-order valence-corrected chi connectivity index (χ0v) is 13.1. The molecule has 0 aliphatic rings. The topological polar surface area (TPSA) is 78.0 Å². The number of hydrazine groups is 1. The van der Waals surface area contributed by atoms with E-state index in [0.29, 0.717) is 13.2 Å². The monoisotopic (exact) mass is 339 g/mol. The summed E-state index contributed by atoms with van der Waals surface area (Å²) in [6, 6.07) is 1.78. The second kappa shape index (κ2) is 6.94. The van der Waals surface area contributed by atoms with Gasteiger partial charge in [0.15, 0.2) is 0 Å². The van der Waals surface area contributed by atoms with Gasteiger partial charge in [-0.15, -0.1) is 0 Å². The van der Waals surface area contributed by atoms with Crippen LogP contribution in [0.1, 0.15) is 22.9 Å². The first kappa shape index (κ1) is 15.1. The van der Waals surface area contributed by atoms with Crippen LogP contribution in [0.5, 0.6) is 0 Å². The average Bonchev–Trinajstić information content (AvgIpc) is 2.81. The van der Waals surface area contributed by atoms with Crippen LogP contribution in [-0.4, -0.2) is 28.5 Å². The van der Waals surface area contributed by atoms with E-state index in [1.54, 1.807) is 19.5 Å². The molecule has 3 N–H and O–H groups in total. The molecule has 2 aromatic heterocycles. The highest BCUT2D eigenvalue weighted by Gasteiger charge is 2.22. The third-order valence-electron chi connectivity index (χ3n) is 3.17. The number of ether oxygens (including phenoxy) is 1. The van der Waals surface area contributed by atoms with Crippen LogP contribution in [0.25, 0.3) is 0 Å². The molecule has 2 rings (SSSR count). The van der Waals surface area contributed by atoms with E-state index in [9.17, 15) is 0 Å². The predicted octanol–water partition coefficient (Wildman–Crippen LogP) is 1.55. The number of rotatable bonds is 6. The molecule has 2 heterocycles. The Morgan fingerprint density at radius 2 is 2.30 bits per heavy atom. The summed E-state index contributed by atoms with van der Waals surface area (Å²) in [4.78, 5) is 4.18. The lowest BCUT2D eigenvalue weighted by Gasteiger charge is -2.20. The number of hydrogen-bond donors (Lipinski definition) is 2. The van der Waals surface area contributed by atoms with Crippen molar-refractivity contribution < 1.29 is 4.74 Å². The summed E-state index contributed by atoms with van der Waals surface area (Å²) in [6.45, 7) is 3.28. The summed E-state index contributed by atoms with van der Waals surface area (Å²) in [6.07, 6.45) is 5.35. The van der Waals surface area contributed by atoms with Gasteiger partial charge >= 0.3 is 0 Å².